The van der Waals surface area contributed by atoms with Crippen molar-refractivity contribution in [2.24, 2.45) is 5.73 Å². The largest absolute Gasteiger partial charge is 0.479 e. The molecule has 0 fully saturated rings. The van der Waals surface area contributed by atoms with E-state index >= 15 is 0 Å². The molecule has 0 aromatic heterocycles. The van der Waals surface area contributed by atoms with Crippen molar-refractivity contribution >= 4 is 35.6 Å². The zero-order valence-corrected chi connectivity index (χ0v) is 9.68. The maximum atomic E-state index is 9.44. The molecule has 0 aliphatic heterocycles. The second kappa shape index (κ2) is 18.3. The number of carbonyl (C=O) groups is 2. The molecule has 86 valence electrons. The van der Waals surface area contributed by atoms with E-state index in [9.17, 15) is 4.79 Å². The fourth-order valence-corrected chi connectivity index (χ4v) is 0.250. The van der Waals surface area contributed by atoms with Crippen LogP contribution in [0.25, 0.3) is 0 Å². The fraction of sp³-hybridized carbons (Fsp3) is 0.714. The Bertz CT molecular complexity index is 132. The lowest BCUT2D eigenvalue weighted by Crippen LogP contribution is -2.09. The Kier molecular flexibility index (Phi) is 25.0. The van der Waals surface area contributed by atoms with Crippen molar-refractivity contribution in [2.75, 3.05) is 13.1 Å². The average Bonchev–Trinajstić information content (AvgIpc) is 2.08. The summed E-state index contributed by atoms with van der Waals surface area (Å²) in [5, 5.41) is 10.8. The summed E-state index contributed by atoms with van der Waals surface area (Å²) < 4.78 is 0. The summed E-state index contributed by atoms with van der Waals surface area (Å²) in [5.74, 6) is -1.21. The smallest absolute Gasteiger partial charge is 0.337 e. The van der Waals surface area contributed by atoms with Crippen LogP contribution in [-0.4, -0.2) is 35.4 Å². The van der Waals surface area contributed by atoms with Gasteiger partial charge in [0, 0.05) is 0 Å². The molecule has 0 unspecified atom stereocenters. The number of carboxylic acid groups (broad SMARTS) is 1. The van der Waals surface area contributed by atoms with Gasteiger partial charge in [0.2, 0.25) is 11.2 Å². The highest BCUT2D eigenvalue weighted by molar-refractivity contribution is 6.52. The first-order valence-corrected chi connectivity index (χ1v) is 4.72. The number of primary amides is 1. The predicted molar refractivity (Wildman–Crippen MR) is 57.6 cm³/mol. The number of halogens is 2. The summed E-state index contributed by atoms with van der Waals surface area (Å²) in [4.78, 5) is 16.7. The maximum Gasteiger partial charge on any atom is 0.337 e. The number of nitrogens with two attached hydrogens (primary N) is 1. The Labute approximate surface area is 93.6 Å². The minimum absolute atomic E-state index is 0.250. The number of hydrogen-bond donors (Lipinski definition) is 3. The van der Waals surface area contributed by atoms with Crippen LogP contribution in [0.15, 0.2) is 0 Å². The predicted octanol–water partition coefficient (Wildman–Crippen LogP) is 0.592. The van der Waals surface area contributed by atoms with Gasteiger partial charge in [-0.15, -0.1) is 0 Å². The number of aliphatic carboxylic acids is 1. The van der Waals surface area contributed by atoms with Crippen LogP contribution in [0.1, 0.15) is 13.8 Å². The third kappa shape index (κ3) is 42.0. The molecule has 0 aliphatic carbocycles. The van der Waals surface area contributed by atoms with Crippen molar-refractivity contribution in [1.82, 2.24) is 5.32 Å². The third-order valence-electron chi connectivity index (χ3n) is 0.687. The molecule has 0 atom stereocenters. The minimum Gasteiger partial charge on any atom is -0.479 e. The van der Waals surface area contributed by atoms with Crippen LogP contribution in [-0.2, 0) is 9.59 Å². The molecule has 0 saturated heterocycles. The molecule has 0 spiro atoms. The van der Waals surface area contributed by atoms with Gasteiger partial charge in [-0.25, -0.2) is 4.79 Å². The summed E-state index contributed by atoms with van der Waals surface area (Å²) in [6, 6.07) is 0. The minimum atomic E-state index is -1.29. The van der Waals surface area contributed by atoms with E-state index in [1.54, 1.807) is 0 Å². The number of rotatable bonds is 3. The number of alkyl halides is 2. The van der Waals surface area contributed by atoms with Gasteiger partial charge in [0.05, 0.1) is 0 Å². The molecule has 0 radical (unpaired) electrons. The van der Waals surface area contributed by atoms with Crippen LogP contribution < -0.4 is 11.1 Å². The first kappa shape index (κ1) is 19.1. The second-order valence-electron chi connectivity index (χ2n) is 1.73. The number of nitrogens with one attached hydrogen (secondary N) is 1. The molecular formula is C7H16Cl2N2O3. The molecule has 7 heteroatoms. The lowest BCUT2D eigenvalue weighted by atomic mass is 10.7. The van der Waals surface area contributed by atoms with Gasteiger partial charge < -0.3 is 16.2 Å². The van der Waals surface area contributed by atoms with Gasteiger partial charge in [-0.1, -0.05) is 37.0 Å². The summed E-state index contributed by atoms with van der Waals surface area (Å²) in [6.45, 7) is 6.39. The zero-order valence-electron chi connectivity index (χ0n) is 8.17. The molecule has 0 aromatic carbocycles. The normalized spacial score (nSPS) is 7.79. The number of hydrogen-bond acceptors (Lipinski definition) is 3. The highest BCUT2D eigenvalue weighted by atomic mass is 35.5. The van der Waals surface area contributed by atoms with Crippen molar-refractivity contribution in [1.29, 1.82) is 0 Å². The van der Waals surface area contributed by atoms with Gasteiger partial charge in [0.25, 0.3) is 0 Å². The first-order valence-electron chi connectivity index (χ1n) is 3.84. The van der Waals surface area contributed by atoms with Gasteiger partial charge in [-0.3, -0.25) is 4.79 Å². The van der Waals surface area contributed by atoms with Gasteiger partial charge >= 0.3 is 5.97 Å². The highest BCUT2D eigenvalue weighted by Gasteiger charge is 2.05. The van der Waals surface area contributed by atoms with Gasteiger partial charge in [0.15, 0.2) is 0 Å². The highest BCUT2D eigenvalue weighted by Crippen LogP contribution is 1.98. The van der Waals surface area contributed by atoms with E-state index < -0.39 is 10.8 Å². The van der Waals surface area contributed by atoms with Crippen molar-refractivity contribution in [3.63, 3.8) is 0 Å². The van der Waals surface area contributed by atoms with E-state index in [0.717, 1.165) is 13.1 Å². The van der Waals surface area contributed by atoms with Gasteiger partial charge in [0.1, 0.15) is 0 Å². The van der Waals surface area contributed by atoms with E-state index in [4.69, 9.17) is 33.1 Å². The molecule has 14 heavy (non-hydrogen) atoms. The van der Waals surface area contributed by atoms with Crippen LogP contribution >= 0.6 is 23.2 Å². The summed E-state index contributed by atoms with van der Waals surface area (Å²) >= 11 is 9.56. The van der Waals surface area contributed by atoms with Crippen LogP contribution in [0.3, 0.4) is 0 Å². The summed E-state index contributed by atoms with van der Waals surface area (Å²) in [7, 11) is 0. The molecular weight excluding hydrogens is 231 g/mol. The molecule has 0 aromatic rings. The number of carboxylic acids is 1. The SMILES string of the molecule is CCNCC.NC=O.O=C(O)C(Cl)Cl. The van der Waals surface area contributed by atoms with Gasteiger partial charge in [-0.2, -0.15) is 0 Å². The van der Waals surface area contributed by atoms with Crippen molar-refractivity contribution in [3.05, 3.63) is 0 Å². The average molecular weight is 247 g/mol. The zero-order chi connectivity index (χ0) is 12.0. The molecule has 0 aliphatic rings. The summed E-state index contributed by atoms with van der Waals surface area (Å²) in [5.41, 5.74) is 4.17. The topological polar surface area (TPSA) is 92.4 Å². The van der Waals surface area contributed by atoms with E-state index in [0.29, 0.717) is 0 Å². The molecule has 1 amide bonds. The third-order valence-corrected chi connectivity index (χ3v) is 1.06. The van der Waals surface area contributed by atoms with Crippen molar-refractivity contribution < 1.29 is 14.7 Å². The Morgan fingerprint density at radius 2 is 1.71 bits per heavy atom. The standard InChI is InChI=1S/C4H11N.C2H2Cl2O2.CH3NO/c1-3-5-4-2;3-1(4)2(5)6;2-1-3/h5H,3-4H2,1-2H3;1H,(H,5,6);1H,(H2,2,3). The van der Waals surface area contributed by atoms with Crippen molar-refractivity contribution in [3.8, 4) is 0 Å². The molecule has 0 heterocycles. The lowest BCUT2D eigenvalue weighted by Gasteiger charge is -1.86. The van der Waals surface area contributed by atoms with E-state index in [1.807, 2.05) is 0 Å². The van der Waals surface area contributed by atoms with Crippen LogP contribution in [0, 0.1) is 0 Å². The van der Waals surface area contributed by atoms with E-state index in [2.05, 4.69) is 24.9 Å². The Balaban J connectivity index is -0.000000138. The Morgan fingerprint density at radius 3 is 1.71 bits per heavy atom. The fourth-order valence-electron chi connectivity index (χ4n) is 0.250. The molecule has 0 saturated carbocycles. The van der Waals surface area contributed by atoms with Crippen LogP contribution in [0.5, 0.6) is 0 Å². The van der Waals surface area contributed by atoms with Crippen molar-refractivity contribution in [2.45, 2.75) is 18.7 Å². The lowest BCUT2D eigenvalue weighted by molar-refractivity contribution is -0.135. The number of carbonyl (C=O) groups excluding carboxylic acids is 1. The van der Waals surface area contributed by atoms with E-state index in [-0.39, 0.29) is 6.41 Å². The first-order chi connectivity index (χ1) is 6.47. The van der Waals surface area contributed by atoms with Gasteiger partial charge in [-0.05, 0) is 13.1 Å². The number of amides is 1. The van der Waals surface area contributed by atoms with Crippen LogP contribution in [0.4, 0.5) is 0 Å². The Hall–Kier alpha value is -0.520. The Morgan fingerprint density at radius 1 is 1.50 bits per heavy atom. The summed E-state index contributed by atoms with van der Waals surface area (Å²) in [6.07, 6.45) is 0.250. The monoisotopic (exact) mass is 246 g/mol. The maximum absolute atomic E-state index is 9.44. The second-order valence-corrected chi connectivity index (χ2v) is 2.83. The molecule has 4 N–H and O–H groups in total. The van der Waals surface area contributed by atoms with Crippen LogP contribution in [0.2, 0.25) is 0 Å². The molecule has 0 rings (SSSR count). The van der Waals surface area contributed by atoms with E-state index in [1.165, 1.54) is 0 Å². The molecule has 0 bridgehead atoms. The quantitative estimate of drug-likeness (QED) is 0.502. The molecule has 5 nitrogen and oxygen atoms in total.